The highest BCUT2D eigenvalue weighted by molar-refractivity contribution is 6.05. The summed E-state index contributed by atoms with van der Waals surface area (Å²) in [5, 5.41) is 12.9. The number of carboxylic acids is 1. The second kappa shape index (κ2) is 6.36. The molecule has 0 aliphatic rings. The van der Waals surface area contributed by atoms with Crippen LogP contribution in [0.2, 0.25) is 0 Å². The lowest BCUT2D eigenvalue weighted by molar-refractivity contribution is -0.137. The molecule has 0 aliphatic heterocycles. The summed E-state index contributed by atoms with van der Waals surface area (Å²) in [6.45, 7) is 0. The molecule has 3 rings (SSSR count). The van der Waals surface area contributed by atoms with Crippen molar-refractivity contribution in [3.05, 3.63) is 71.9 Å². The molecule has 0 fully saturated rings. The van der Waals surface area contributed by atoms with E-state index in [-0.39, 0.29) is 12.3 Å². The Bertz CT molecular complexity index is 840. The SMILES string of the molecule is O=C(O)C[C@@H](NC(=O)c1cccc2cc[nH]c12)c1ccccc1. The van der Waals surface area contributed by atoms with Crippen molar-refractivity contribution in [2.75, 3.05) is 0 Å². The van der Waals surface area contributed by atoms with Gasteiger partial charge in [-0.15, -0.1) is 0 Å². The van der Waals surface area contributed by atoms with Crippen molar-refractivity contribution in [3.8, 4) is 0 Å². The van der Waals surface area contributed by atoms with Crippen LogP contribution in [-0.2, 0) is 4.79 Å². The molecule has 0 aliphatic carbocycles. The van der Waals surface area contributed by atoms with E-state index in [4.69, 9.17) is 5.11 Å². The van der Waals surface area contributed by atoms with E-state index in [1.54, 1.807) is 18.3 Å². The molecule has 5 nitrogen and oxygen atoms in total. The summed E-state index contributed by atoms with van der Waals surface area (Å²) in [4.78, 5) is 26.8. The Balaban J connectivity index is 1.89. The molecule has 0 spiro atoms. The van der Waals surface area contributed by atoms with Gasteiger partial charge in [-0.05, 0) is 17.7 Å². The van der Waals surface area contributed by atoms with Gasteiger partial charge in [0.25, 0.3) is 5.91 Å². The predicted octanol–water partition coefficient (Wildman–Crippen LogP) is 3.11. The first-order valence-corrected chi connectivity index (χ1v) is 7.29. The van der Waals surface area contributed by atoms with Crippen molar-refractivity contribution in [2.45, 2.75) is 12.5 Å². The maximum absolute atomic E-state index is 12.6. The summed E-state index contributed by atoms with van der Waals surface area (Å²) in [7, 11) is 0. The monoisotopic (exact) mass is 308 g/mol. The van der Waals surface area contributed by atoms with Crippen LogP contribution >= 0.6 is 0 Å². The van der Waals surface area contributed by atoms with Crippen LogP contribution in [0.25, 0.3) is 10.9 Å². The highest BCUT2D eigenvalue weighted by atomic mass is 16.4. The Hall–Kier alpha value is -3.08. The highest BCUT2D eigenvalue weighted by Gasteiger charge is 2.20. The first-order chi connectivity index (χ1) is 11.1. The maximum atomic E-state index is 12.6. The molecule has 1 heterocycles. The molecule has 0 unspecified atom stereocenters. The Morgan fingerprint density at radius 2 is 1.83 bits per heavy atom. The van der Waals surface area contributed by atoms with Gasteiger partial charge in [0.15, 0.2) is 0 Å². The van der Waals surface area contributed by atoms with Gasteiger partial charge in [-0.1, -0.05) is 42.5 Å². The third-order valence-corrected chi connectivity index (χ3v) is 3.72. The zero-order valence-corrected chi connectivity index (χ0v) is 12.3. The van der Waals surface area contributed by atoms with Gasteiger partial charge >= 0.3 is 5.97 Å². The van der Waals surface area contributed by atoms with Crippen LogP contribution in [0.1, 0.15) is 28.4 Å². The molecule has 3 aromatic rings. The van der Waals surface area contributed by atoms with Crippen LogP contribution in [0.4, 0.5) is 0 Å². The second-order valence-electron chi connectivity index (χ2n) is 5.28. The largest absolute Gasteiger partial charge is 0.481 e. The lowest BCUT2D eigenvalue weighted by Gasteiger charge is -2.17. The fourth-order valence-electron chi connectivity index (χ4n) is 2.62. The number of carbonyl (C=O) groups excluding carboxylic acids is 1. The lowest BCUT2D eigenvalue weighted by atomic mass is 10.0. The predicted molar refractivity (Wildman–Crippen MR) is 87.2 cm³/mol. The van der Waals surface area contributed by atoms with Crippen LogP contribution in [0.3, 0.4) is 0 Å². The number of aromatic amines is 1. The molecule has 23 heavy (non-hydrogen) atoms. The molecule has 3 N–H and O–H groups in total. The third-order valence-electron chi connectivity index (χ3n) is 3.72. The summed E-state index contributed by atoms with van der Waals surface area (Å²) in [5.41, 5.74) is 2.01. The van der Waals surface area contributed by atoms with E-state index in [9.17, 15) is 9.59 Å². The van der Waals surface area contributed by atoms with Crippen LogP contribution in [0.5, 0.6) is 0 Å². The quantitative estimate of drug-likeness (QED) is 0.677. The van der Waals surface area contributed by atoms with E-state index in [2.05, 4.69) is 10.3 Å². The second-order valence-corrected chi connectivity index (χ2v) is 5.28. The number of amides is 1. The van der Waals surface area contributed by atoms with Gasteiger partial charge in [0, 0.05) is 11.6 Å². The van der Waals surface area contributed by atoms with E-state index in [0.29, 0.717) is 5.56 Å². The zero-order chi connectivity index (χ0) is 16.2. The molecular weight excluding hydrogens is 292 g/mol. The molecule has 5 heteroatoms. The summed E-state index contributed by atoms with van der Waals surface area (Å²) in [6.07, 6.45) is 1.60. The van der Waals surface area contributed by atoms with E-state index in [0.717, 1.165) is 16.5 Å². The number of benzene rings is 2. The standard InChI is InChI=1S/C18H16N2O3/c21-16(22)11-15(12-5-2-1-3-6-12)20-18(23)14-8-4-7-13-9-10-19-17(13)14/h1-10,15,19H,11H2,(H,20,23)(H,21,22)/t15-/m1/s1. The molecule has 0 radical (unpaired) electrons. The fourth-order valence-corrected chi connectivity index (χ4v) is 2.62. The first kappa shape index (κ1) is 14.8. The number of fused-ring (bicyclic) bond motifs is 1. The smallest absolute Gasteiger partial charge is 0.305 e. The van der Waals surface area contributed by atoms with Crippen molar-refractivity contribution in [2.24, 2.45) is 0 Å². The Morgan fingerprint density at radius 3 is 2.57 bits per heavy atom. The van der Waals surface area contributed by atoms with Crippen LogP contribution in [0.15, 0.2) is 60.8 Å². The van der Waals surface area contributed by atoms with Crippen molar-refractivity contribution in [1.29, 1.82) is 0 Å². The van der Waals surface area contributed by atoms with Gasteiger partial charge in [-0.3, -0.25) is 9.59 Å². The number of hydrogen-bond acceptors (Lipinski definition) is 2. The minimum Gasteiger partial charge on any atom is -0.481 e. The molecule has 0 bridgehead atoms. The minimum absolute atomic E-state index is 0.170. The van der Waals surface area contributed by atoms with E-state index >= 15 is 0 Å². The molecule has 0 saturated heterocycles. The maximum Gasteiger partial charge on any atom is 0.305 e. The normalized spacial score (nSPS) is 12.0. The number of aliphatic carboxylic acids is 1. The van der Waals surface area contributed by atoms with Gasteiger partial charge < -0.3 is 15.4 Å². The Morgan fingerprint density at radius 1 is 1.04 bits per heavy atom. The number of carboxylic acid groups (broad SMARTS) is 1. The first-order valence-electron chi connectivity index (χ1n) is 7.29. The van der Waals surface area contributed by atoms with Crippen molar-refractivity contribution in [1.82, 2.24) is 10.3 Å². The average Bonchev–Trinajstić information content (AvgIpc) is 3.03. The molecule has 1 atom stereocenters. The van der Waals surface area contributed by atoms with Gasteiger partial charge in [-0.25, -0.2) is 0 Å². The van der Waals surface area contributed by atoms with Gasteiger partial charge in [-0.2, -0.15) is 0 Å². The molecule has 116 valence electrons. The van der Waals surface area contributed by atoms with Gasteiger partial charge in [0.2, 0.25) is 0 Å². The Kier molecular flexibility index (Phi) is 4.10. The number of H-pyrrole nitrogens is 1. The lowest BCUT2D eigenvalue weighted by Crippen LogP contribution is -2.30. The average molecular weight is 308 g/mol. The topological polar surface area (TPSA) is 82.2 Å². The zero-order valence-electron chi connectivity index (χ0n) is 12.3. The van der Waals surface area contributed by atoms with E-state index in [1.165, 1.54) is 0 Å². The van der Waals surface area contributed by atoms with E-state index in [1.807, 2.05) is 42.5 Å². The Labute approximate surface area is 133 Å². The number of rotatable bonds is 5. The van der Waals surface area contributed by atoms with Crippen molar-refractivity contribution >= 4 is 22.8 Å². The number of aromatic nitrogens is 1. The number of nitrogens with one attached hydrogen (secondary N) is 2. The van der Waals surface area contributed by atoms with E-state index < -0.39 is 12.0 Å². The highest BCUT2D eigenvalue weighted by Crippen LogP contribution is 2.20. The van der Waals surface area contributed by atoms with Gasteiger partial charge in [0.1, 0.15) is 0 Å². The summed E-state index contributed by atoms with van der Waals surface area (Å²) in [6, 6.07) is 15.9. The van der Waals surface area contributed by atoms with Crippen LogP contribution in [0, 0.1) is 0 Å². The molecule has 1 amide bonds. The molecule has 0 saturated carbocycles. The summed E-state index contributed by atoms with van der Waals surface area (Å²) in [5.74, 6) is -1.26. The van der Waals surface area contributed by atoms with Gasteiger partial charge in [0.05, 0.1) is 23.5 Å². The van der Waals surface area contributed by atoms with Crippen LogP contribution in [-0.4, -0.2) is 22.0 Å². The van der Waals surface area contributed by atoms with Crippen LogP contribution < -0.4 is 5.32 Å². The number of carbonyl (C=O) groups is 2. The van der Waals surface area contributed by atoms with Crippen molar-refractivity contribution < 1.29 is 14.7 Å². The third kappa shape index (κ3) is 3.23. The molecule has 1 aromatic heterocycles. The minimum atomic E-state index is -0.961. The van der Waals surface area contributed by atoms with Crippen molar-refractivity contribution in [3.63, 3.8) is 0 Å². The number of hydrogen-bond donors (Lipinski definition) is 3. The number of para-hydroxylation sites is 1. The fraction of sp³-hybridized carbons (Fsp3) is 0.111. The summed E-state index contributed by atoms with van der Waals surface area (Å²) >= 11 is 0. The molecular formula is C18H16N2O3. The summed E-state index contributed by atoms with van der Waals surface area (Å²) < 4.78 is 0. The molecule has 2 aromatic carbocycles.